The van der Waals surface area contributed by atoms with E-state index in [0.717, 1.165) is 11.3 Å². The number of hydrogen-bond acceptors (Lipinski definition) is 2. The van der Waals surface area contributed by atoms with Crippen molar-refractivity contribution in [1.82, 2.24) is 0 Å². The van der Waals surface area contributed by atoms with Gasteiger partial charge in [-0.25, -0.2) is 4.79 Å². The number of para-hydroxylation sites is 3. The number of carbonyl (C=O) groups excluding carboxylic acids is 1. The summed E-state index contributed by atoms with van der Waals surface area (Å²) >= 11 is 0. The lowest BCUT2D eigenvalue weighted by Crippen LogP contribution is -2.20. The van der Waals surface area contributed by atoms with Gasteiger partial charge in [0.25, 0.3) is 0 Å². The van der Waals surface area contributed by atoms with Crippen LogP contribution in [0.4, 0.5) is 16.2 Å². The van der Waals surface area contributed by atoms with E-state index in [1.54, 1.807) is 0 Å². The lowest BCUT2D eigenvalue weighted by molar-refractivity contribution is 0.262. The Balaban J connectivity index is 2.07. The van der Waals surface area contributed by atoms with Crippen LogP contribution < -0.4 is 15.4 Å². The molecule has 0 aromatic heterocycles. The van der Waals surface area contributed by atoms with Gasteiger partial charge in [-0.15, -0.1) is 0 Å². The summed E-state index contributed by atoms with van der Waals surface area (Å²) in [6.45, 7) is 4.41. The maximum atomic E-state index is 12.0. The van der Waals surface area contributed by atoms with Gasteiger partial charge in [0.05, 0.1) is 12.3 Å². The Morgan fingerprint density at radius 3 is 2.30 bits per heavy atom. The molecule has 0 radical (unpaired) electrons. The quantitative estimate of drug-likeness (QED) is 0.881. The highest BCUT2D eigenvalue weighted by Gasteiger charge is 2.08. The highest BCUT2D eigenvalue weighted by Crippen LogP contribution is 2.24. The molecule has 2 rings (SSSR count). The zero-order chi connectivity index (χ0) is 14.4. The normalized spacial score (nSPS) is 9.90. The molecule has 4 nitrogen and oxygen atoms in total. The smallest absolute Gasteiger partial charge is 0.323 e. The van der Waals surface area contributed by atoms with Gasteiger partial charge in [0.2, 0.25) is 0 Å². The van der Waals surface area contributed by atoms with E-state index in [1.807, 2.05) is 62.4 Å². The topological polar surface area (TPSA) is 50.4 Å². The van der Waals surface area contributed by atoms with Gasteiger partial charge < -0.3 is 15.4 Å². The summed E-state index contributed by atoms with van der Waals surface area (Å²) in [6.07, 6.45) is 0. The molecule has 104 valence electrons. The summed E-state index contributed by atoms with van der Waals surface area (Å²) in [7, 11) is 0. The Hall–Kier alpha value is -2.49. The predicted octanol–water partition coefficient (Wildman–Crippen LogP) is 4.04. The van der Waals surface area contributed by atoms with Crippen molar-refractivity contribution in [3.05, 3.63) is 54.1 Å². The minimum atomic E-state index is -0.286. The number of benzene rings is 2. The van der Waals surface area contributed by atoms with Crippen LogP contribution in [0.25, 0.3) is 0 Å². The van der Waals surface area contributed by atoms with Crippen molar-refractivity contribution < 1.29 is 9.53 Å². The molecule has 0 saturated heterocycles. The fraction of sp³-hybridized carbons (Fsp3) is 0.188. The van der Waals surface area contributed by atoms with Gasteiger partial charge in [-0.2, -0.15) is 0 Å². The molecule has 2 amide bonds. The molecule has 20 heavy (non-hydrogen) atoms. The van der Waals surface area contributed by atoms with Crippen molar-refractivity contribution in [2.75, 3.05) is 17.2 Å². The average molecular weight is 270 g/mol. The molecular weight excluding hydrogens is 252 g/mol. The van der Waals surface area contributed by atoms with Gasteiger partial charge in [-0.3, -0.25) is 0 Å². The fourth-order valence-electron chi connectivity index (χ4n) is 1.84. The predicted molar refractivity (Wildman–Crippen MR) is 81.4 cm³/mol. The molecule has 0 aliphatic heterocycles. The van der Waals surface area contributed by atoms with Gasteiger partial charge in [0.1, 0.15) is 5.75 Å². The van der Waals surface area contributed by atoms with Crippen LogP contribution in [-0.2, 0) is 0 Å². The van der Waals surface area contributed by atoms with Crippen molar-refractivity contribution in [2.45, 2.75) is 13.8 Å². The molecule has 0 atom stereocenters. The lowest BCUT2D eigenvalue weighted by Gasteiger charge is -2.13. The molecule has 0 saturated carbocycles. The number of urea groups is 1. The fourth-order valence-corrected chi connectivity index (χ4v) is 1.84. The van der Waals surface area contributed by atoms with Gasteiger partial charge in [-0.1, -0.05) is 30.3 Å². The number of anilines is 2. The Morgan fingerprint density at radius 1 is 1.00 bits per heavy atom. The first-order valence-corrected chi connectivity index (χ1v) is 6.56. The van der Waals surface area contributed by atoms with Crippen LogP contribution in [-0.4, -0.2) is 12.6 Å². The van der Waals surface area contributed by atoms with Gasteiger partial charge in [-0.05, 0) is 37.6 Å². The Kier molecular flexibility index (Phi) is 4.60. The SMILES string of the molecule is CCOc1ccccc1NC(=O)Nc1ccccc1C. The van der Waals surface area contributed by atoms with Crippen LogP contribution >= 0.6 is 0 Å². The Labute approximate surface area is 118 Å². The molecule has 0 aliphatic carbocycles. The molecular formula is C16H18N2O2. The number of nitrogens with one attached hydrogen (secondary N) is 2. The minimum Gasteiger partial charge on any atom is -0.492 e. The summed E-state index contributed by atoms with van der Waals surface area (Å²) in [6, 6.07) is 14.7. The molecule has 2 aromatic rings. The van der Waals surface area contributed by atoms with E-state index in [1.165, 1.54) is 0 Å². The van der Waals surface area contributed by atoms with Crippen molar-refractivity contribution in [2.24, 2.45) is 0 Å². The van der Waals surface area contributed by atoms with Crippen LogP contribution in [0.15, 0.2) is 48.5 Å². The molecule has 4 heteroatoms. The molecule has 0 bridgehead atoms. The van der Waals surface area contributed by atoms with E-state index in [-0.39, 0.29) is 6.03 Å². The third-order valence-electron chi connectivity index (χ3n) is 2.83. The molecule has 0 heterocycles. The number of hydrogen-bond donors (Lipinski definition) is 2. The number of ether oxygens (including phenoxy) is 1. The molecule has 0 aliphatic rings. The first-order valence-electron chi connectivity index (χ1n) is 6.56. The third-order valence-corrected chi connectivity index (χ3v) is 2.83. The highest BCUT2D eigenvalue weighted by molar-refractivity contribution is 6.01. The van der Waals surface area contributed by atoms with E-state index in [9.17, 15) is 4.79 Å². The Morgan fingerprint density at radius 2 is 1.60 bits per heavy atom. The zero-order valence-corrected chi connectivity index (χ0v) is 11.6. The van der Waals surface area contributed by atoms with Crippen LogP contribution in [0.3, 0.4) is 0 Å². The first kappa shape index (κ1) is 13.9. The summed E-state index contributed by atoms with van der Waals surface area (Å²) < 4.78 is 5.47. The van der Waals surface area contributed by atoms with Crippen molar-refractivity contribution in [1.29, 1.82) is 0 Å². The summed E-state index contributed by atoms with van der Waals surface area (Å²) in [4.78, 5) is 12.0. The van der Waals surface area contributed by atoms with Gasteiger partial charge >= 0.3 is 6.03 Å². The molecule has 0 unspecified atom stereocenters. The van der Waals surface area contributed by atoms with Crippen LogP contribution in [0, 0.1) is 6.92 Å². The second-order valence-corrected chi connectivity index (χ2v) is 4.32. The lowest BCUT2D eigenvalue weighted by atomic mass is 10.2. The van der Waals surface area contributed by atoms with Crippen molar-refractivity contribution in [3.8, 4) is 5.75 Å². The molecule has 2 aromatic carbocycles. The van der Waals surface area contributed by atoms with E-state index < -0.39 is 0 Å². The summed E-state index contributed by atoms with van der Waals surface area (Å²) in [5.41, 5.74) is 2.46. The number of aryl methyl sites for hydroxylation is 1. The van der Waals surface area contributed by atoms with Crippen LogP contribution in [0.1, 0.15) is 12.5 Å². The largest absolute Gasteiger partial charge is 0.492 e. The number of carbonyl (C=O) groups is 1. The maximum Gasteiger partial charge on any atom is 0.323 e. The maximum absolute atomic E-state index is 12.0. The van der Waals surface area contributed by atoms with E-state index >= 15 is 0 Å². The minimum absolute atomic E-state index is 0.286. The van der Waals surface area contributed by atoms with Crippen molar-refractivity contribution in [3.63, 3.8) is 0 Å². The highest BCUT2D eigenvalue weighted by atomic mass is 16.5. The monoisotopic (exact) mass is 270 g/mol. The average Bonchev–Trinajstić information content (AvgIpc) is 2.44. The second-order valence-electron chi connectivity index (χ2n) is 4.32. The van der Waals surface area contributed by atoms with E-state index in [2.05, 4.69) is 10.6 Å². The van der Waals surface area contributed by atoms with Crippen LogP contribution in [0.2, 0.25) is 0 Å². The molecule has 0 fully saturated rings. The standard InChI is InChI=1S/C16H18N2O2/c1-3-20-15-11-7-6-10-14(15)18-16(19)17-13-9-5-4-8-12(13)2/h4-11H,3H2,1-2H3,(H2,17,18,19). The third kappa shape index (κ3) is 3.51. The first-order chi connectivity index (χ1) is 9.70. The zero-order valence-electron chi connectivity index (χ0n) is 11.6. The summed E-state index contributed by atoms with van der Waals surface area (Å²) in [5, 5.41) is 5.62. The Bertz CT molecular complexity index is 597. The van der Waals surface area contributed by atoms with Gasteiger partial charge in [0.15, 0.2) is 0 Å². The van der Waals surface area contributed by atoms with E-state index in [4.69, 9.17) is 4.74 Å². The van der Waals surface area contributed by atoms with Crippen LogP contribution in [0.5, 0.6) is 5.75 Å². The molecule has 2 N–H and O–H groups in total. The van der Waals surface area contributed by atoms with E-state index in [0.29, 0.717) is 18.0 Å². The second kappa shape index (κ2) is 6.61. The molecule has 0 spiro atoms. The summed E-state index contributed by atoms with van der Waals surface area (Å²) in [5.74, 6) is 0.662. The number of amides is 2. The van der Waals surface area contributed by atoms with Gasteiger partial charge in [0, 0.05) is 5.69 Å². The van der Waals surface area contributed by atoms with Crippen molar-refractivity contribution >= 4 is 17.4 Å². The number of rotatable bonds is 4.